The van der Waals surface area contributed by atoms with Crippen molar-refractivity contribution in [1.82, 2.24) is 5.43 Å². The maximum Gasteiger partial charge on any atom is 0.271 e. The van der Waals surface area contributed by atoms with E-state index in [-0.39, 0.29) is 12.7 Å². The molecule has 1 amide bonds. The Morgan fingerprint density at radius 2 is 1.87 bits per heavy atom. The maximum atomic E-state index is 12.2. The van der Waals surface area contributed by atoms with E-state index in [1.165, 1.54) is 0 Å². The van der Waals surface area contributed by atoms with Crippen LogP contribution in [-0.2, 0) is 0 Å². The Bertz CT molecular complexity index is 797. The van der Waals surface area contributed by atoms with E-state index >= 15 is 0 Å². The van der Waals surface area contributed by atoms with Crippen molar-refractivity contribution in [2.45, 2.75) is 20.8 Å². The zero-order valence-electron chi connectivity index (χ0n) is 13.3. The van der Waals surface area contributed by atoms with Crippen molar-refractivity contribution >= 4 is 11.6 Å². The number of nitrogens with one attached hydrogen (secondary N) is 1. The van der Waals surface area contributed by atoms with Crippen molar-refractivity contribution in [2.24, 2.45) is 5.10 Å². The monoisotopic (exact) mass is 310 g/mol. The van der Waals surface area contributed by atoms with Crippen LogP contribution in [0.3, 0.4) is 0 Å². The summed E-state index contributed by atoms with van der Waals surface area (Å²) in [7, 11) is 0. The van der Waals surface area contributed by atoms with Gasteiger partial charge in [0, 0.05) is 11.1 Å². The molecular weight excluding hydrogens is 292 g/mol. The second kappa shape index (κ2) is 6.12. The molecule has 0 fully saturated rings. The van der Waals surface area contributed by atoms with E-state index in [0.29, 0.717) is 17.0 Å². The van der Waals surface area contributed by atoms with Crippen molar-refractivity contribution < 1.29 is 14.3 Å². The highest BCUT2D eigenvalue weighted by Crippen LogP contribution is 2.32. The van der Waals surface area contributed by atoms with Crippen molar-refractivity contribution in [3.8, 4) is 11.5 Å². The van der Waals surface area contributed by atoms with Gasteiger partial charge in [-0.1, -0.05) is 17.7 Å². The van der Waals surface area contributed by atoms with Crippen molar-refractivity contribution in [2.75, 3.05) is 6.79 Å². The van der Waals surface area contributed by atoms with Gasteiger partial charge in [0.2, 0.25) is 6.79 Å². The molecule has 1 aliphatic heterocycles. The summed E-state index contributed by atoms with van der Waals surface area (Å²) in [6.45, 7) is 5.98. The lowest BCUT2D eigenvalue weighted by molar-refractivity contribution is 0.0954. The first-order chi connectivity index (χ1) is 11.0. The fourth-order valence-corrected chi connectivity index (χ4v) is 2.45. The number of amides is 1. The minimum Gasteiger partial charge on any atom is -0.454 e. The van der Waals surface area contributed by atoms with Crippen molar-refractivity contribution in [3.05, 3.63) is 58.7 Å². The predicted molar refractivity (Wildman–Crippen MR) is 88.2 cm³/mol. The van der Waals surface area contributed by atoms with Crippen LogP contribution in [0.1, 0.15) is 34.0 Å². The van der Waals surface area contributed by atoms with E-state index in [9.17, 15) is 4.79 Å². The van der Waals surface area contributed by atoms with E-state index in [0.717, 1.165) is 22.4 Å². The molecule has 0 aliphatic carbocycles. The van der Waals surface area contributed by atoms with Gasteiger partial charge in [0.05, 0.1) is 5.71 Å². The van der Waals surface area contributed by atoms with Gasteiger partial charge in [-0.25, -0.2) is 5.43 Å². The molecule has 5 heteroatoms. The molecule has 0 spiro atoms. The van der Waals surface area contributed by atoms with Crippen LogP contribution >= 0.6 is 0 Å². The normalized spacial score (nSPS) is 13.1. The van der Waals surface area contributed by atoms with Gasteiger partial charge in [-0.15, -0.1) is 0 Å². The molecule has 0 aromatic heterocycles. The number of ether oxygens (including phenoxy) is 2. The molecule has 23 heavy (non-hydrogen) atoms. The maximum absolute atomic E-state index is 12.2. The molecule has 118 valence electrons. The number of fused-ring (bicyclic) bond motifs is 1. The number of aryl methyl sites for hydroxylation is 2. The molecule has 3 rings (SSSR count). The molecule has 0 saturated carbocycles. The zero-order valence-corrected chi connectivity index (χ0v) is 13.3. The van der Waals surface area contributed by atoms with Crippen LogP contribution in [0.25, 0.3) is 0 Å². The Morgan fingerprint density at radius 1 is 1.09 bits per heavy atom. The van der Waals surface area contributed by atoms with Gasteiger partial charge in [-0.2, -0.15) is 5.10 Å². The Balaban J connectivity index is 1.75. The molecule has 2 aromatic carbocycles. The van der Waals surface area contributed by atoms with Gasteiger partial charge in [0.15, 0.2) is 11.5 Å². The lowest BCUT2D eigenvalue weighted by atomic mass is 10.1. The number of carbonyl (C=O) groups is 1. The van der Waals surface area contributed by atoms with Gasteiger partial charge in [-0.05, 0) is 50.6 Å². The number of nitrogens with zero attached hydrogens (tertiary/aromatic N) is 1. The summed E-state index contributed by atoms with van der Waals surface area (Å²) < 4.78 is 10.6. The van der Waals surface area contributed by atoms with Crippen LogP contribution in [0.15, 0.2) is 41.5 Å². The fraction of sp³-hybridized carbons (Fsp3) is 0.222. The SMILES string of the molecule is C/C(=N/NC(=O)c1ccc(C)cc1C)c1ccc2c(c1)OCO2. The molecule has 2 aromatic rings. The lowest BCUT2D eigenvalue weighted by Crippen LogP contribution is -2.20. The molecule has 0 saturated heterocycles. The smallest absolute Gasteiger partial charge is 0.271 e. The first kappa shape index (κ1) is 15.1. The largest absolute Gasteiger partial charge is 0.454 e. The van der Waals surface area contributed by atoms with E-state index < -0.39 is 0 Å². The first-order valence-corrected chi connectivity index (χ1v) is 7.36. The highest BCUT2D eigenvalue weighted by atomic mass is 16.7. The molecule has 1 aliphatic rings. The topological polar surface area (TPSA) is 59.9 Å². The fourth-order valence-electron chi connectivity index (χ4n) is 2.45. The average molecular weight is 310 g/mol. The van der Waals surface area contributed by atoms with E-state index in [1.54, 1.807) is 0 Å². The van der Waals surface area contributed by atoms with Gasteiger partial charge < -0.3 is 9.47 Å². The summed E-state index contributed by atoms with van der Waals surface area (Å²) in [6.07, 6.45) is 0. The molecular formula is C18H18N2O3. The molecule has 1 heterocycles. The van der Waals surface area contributed by atoms with Crippen LogP contribution < -0.4 is 14.9 Å². The Labute approximate surface area is 134 Å². The van der Waals surface area contributed by atoms with Crippen molar-refractivity contribution in [1.29, 1.82) is 0 Å². The minimum absolute atomic E-state index is 0.220. The summed E-state index contributed by atoms with van der Waals surface area (Å²) in [6, 6.07) is 11.3. The Morgan fingerprint density at radius 3 is 2.65 bits per heavy atom. The average Bonchev–Trinajstić information content (AvgIpc) is 2.99. The molecule has 0 radical (unpaired) electrons. The van der Waals surface area contributed by atoms with Crippen LogP contribution in [0, 0.1) is 13.8 Å². The predicted octanol–water partition coefficient (Wildman–Crippen LogP) is 3.19. The standard InChI is InChI=1S/C18H18N2O3/c1-11-4-6-15(12(2)8-11)18(21)20-19-13(3)14-5-7-16-17(9-14)23-10-22-16/h4-9H,10H2,1-3H3,(H,20,21)/b19-13-. The lowest BCUT2D eigenvalue weighted by Gasteiger charge is -2.07. The van der Waals surface area contributed by atoms with Gasteiger partial charge in [0.25, 0.3) is 5.91 Å². The third-order valence-electron chi connectivity index (χ3n) is 3.74. The summed E-state index contributed by atoms with van der Waals surface area (Å²) >= 11 is 0. The quantitative estimate of drug-likeness (QED) is 0.699. The number of hydrogen-bond donors (Lipinski definition) is 1. The molecule has 0 unspecified atom stereocenters. The summed E-state index contributed by atoms with van der Waals surface area (Å²) in [5, 5.41) is 4.18. The number of carbonyl (C=O) groups excluding carboxylic acids is 1. The molecule has 0 atom stereocenters. The highest BCUT2D eigenvalue weighted by Gasteiger charge is 2.14. The number of hydrogen-bond acceptors (Lipinski definition) is 4. The summed E-state index contributed by atoms with van der Waals surface area (Å²) in [5.74, 6) is 1.20. The van der Waals surface area contributed by atoms with Gasteiger partial charge in [0.1, 0.15) is 0 Å². The van der Waals surface area contributed by atoms with Crippen LogP contribution in [0.4, 0.5) is 0 Å². The second-order valence-corrected chi connectivity index (χ2v) is 5.52. The number of rotatable bonds is 3. The highest BCUT2D eigenvalue weighted by molar-refractivity contribution is 6.01. The van der Waals surface area contributed by atoms with Gasteiger partial charge in [-0.3, -0.25) is 4.79 Å². The minimum atomic E-state index is -0.220. The first-order valence-electron chi connectivity index (χ1n) is 7.36. The Kier molecular flexibility index (Phi) is 4.02. The number of hydrazone groups is 1. The second-order valence-electron chi connectivity index (χ2n) is 5.52. The van der Waals surface area contributed by atoms with E-state index in [1.807, 2.05) is 57.2 Å². The van der Waals surface area contributed by atoms with E-state index in [2.05, 4.69) is 10.5 Å². The van der Waals surface area contributed by atoms with Crippen molar-refractivity contribution in [3.63, 3.8) is 0 Å². The zero-order chi connectivity index (χ0) is 16.4. The molecule has 1 N–H and O–H groups in total. The van der Waals surface area contributed by atoms with Gasteiger partial charge >= 0.3 is 0 Å². The van der Waals surface area contributed by atoms with Crippen LogP contribution in [0.5, 0.6) is 11.5 Å². The van der Waals surface area contributed by atoms with Crippen LogP contribution in [-0.4, -0.2) is 18.4 Å². The molecule has 5 nitrogen and oxygen atoms in total. The van der Waals surface area contributed by atoms with Crippen LogP contribution in [0.2, 0.25) is 0 Å². The van der Waals surface area contributed by atoms with E-state index in [4.69, 9.17) is 9.47 Å². The molecule has 0 bridgehead atoms. The Hall–Kier alpha value is -2.82. The summed E-state index contributed by atoms with van der Waals surface area (Å²) in [4.78, 5) is 12.2. The number of benzene rings is 2. The summed E-state index contributed by atoms with van der Waals surface area (Å²) in [5.41, 5.74) is 6.84. The third kappa shape index (κ3) is 3.18. The third-order valence-corrected chi connectivity index (χ3v) is 3.74.